The van der Waals surface area contributed by atoms with Gasteiger partial charge in [0.15, 0.2) is 5.65 Å². The lowest BCUT2D eigenvalue weighted by molar-refractivity contribution is -0.137. The van der Waals surface area contributed by atoms with Gasteiger partial charge < -0.3 is 14.6 Å². The number of nitrogens with zero attached hydrogens (tertiary/aromatic N) is 7. The summed E-state index contributed by atoms with van der Waals surface area (Å²) in [5.41, 5.74) is -0.496. The zero-order chi connectivity index (χ0) is 26.4. The van der Waals surface area contributed by atoms with Crippen molar-refractivity contribution in [1.82, 2.24) is 24.7 Å². The van der Waals surface area contributed by atoms with Crippen molar-refractivity contribution in [2.24, 2.45) is 17.3 Å². The number of halogens is 5. The topological polar surface area (TPSA) is 80.0 Å². The molecule has 8 nitrogen and oxygen atoms in total. The zero-order valence-corrected chi connectivity index (χ0v) is 20.1. The average Bonchev–Trinajstić information content (AvgIpc) is 3.29. The first-order chi connectivity index (χ1) is 17.6. The number of pyridine rings is 1. The standard InChI is InChI=1S/C24H26F5N7O/c1-34(20-8-15(4-6-30-20)24(27,28)29)14-23(5-7-37)16-2-3-17(23)12-35(11-16)21-10-31-18-9-32-36(13-19(25)26)22(18)33-21/h4,6-10,16-17,19H,2-3,5,11-14H2,1H3. The van der Waals surface area contributed by atoms with Gasteiger partial charge >= 0.3 is 6.18 Å². The monoisotopic (exact) mass is 523 g/mol. The molecular weight excluding hydrogens is 497 g/mol. The molecule has 0 aromatic carbocycles. The fraction of sp³-hybridized carbons (Fsp3) is 0.542. The van der Waals surface area contributed by atoms with Crippen LogP contribution in [-0.4, -0.2) is 64.1 Å². The van der Waals surface area contributed by atoms with Crippen LogP contribution in [0.15, 0.2) is 30.7 Å². The number of carbonyl (C=O) groups is 1. The Labute approximate surface area is 209 Å². The number of hydrogen-bond acceptors (Lipinski definition) is 7. The van der Waals surface area contributed by atoms with Crippen LogP contribution in [0.1, 0.15) is 24.8 Å². The smallest absolute Gasteiger partial charge is 0.359 e. The first kappa shape index (κ1) is 25.3. The van der Waals surface area contributed by atoms with Crippen LogP contribution in [0.4, 0.5) is 33.6 Å². The lowest BCUT2D eigenvalue weighted by atomic mass is 9.67. The molecule has 1 saturated heterocycles. The van der Waals surface area contributed by atoms with Crippen molar-refractivity contribution >= 4 is 29.1 Å². The van der Waals surface area contributed by atoms with Crippen molar-refractivity contribution in [1.29, 1.82) is 0 Å². The second kappa shape index (κ2) is 9.49. The normalized spacial score (nSPS) is 23.7. The molecule has 1 saturated carbocycles. The molecule has 2 fully saturated rings. The minimum Gasteiger partial charge on any atom is -0.359 e. The Morgan fingerprint density at radius 2 is 1.92 bits per heavy atom. The largest absolute Gasteiger partial charge is 0.416 e. The summed E-state index contributed by atoms with van der Waals surface area (Å²) in [6.45, 7) is 0.940. The third kappa shape index (κ3) is 4.71. The molecule has 2 atom stereocenters. The van der Waals surface area contributed by atoms with Gasteiger partial charge in [-0.25, -0.2) is 28.4 Å². The van der Waals surface area contributed by atoms with Gasteiger partial charge in [0.1, 0.15) is 30.0 Å². The predicted molar refractivity (Wildman–Crippen MR) is 125 cm³/mol. The van der Waals surface area contributed by atoms with Crippen LogP contribution in [0, 0.1) is 17.3 Å². The highest BCUT2D eigenvalue weighted by Crippen LogP contribution is 2.54. The average molecular weight is 524 g/mol. The molecule has 2 unspecified atom stereocenters. The van der Waals surface area contributed by atoms with Gasteiger partial charge in [0.25, 0.3) is 6.43 Å². The van der Waals surface area contributed by atoms with Crippen molar-refractivity contribution in [3.8, 4) is 0 Å². The number of aldehydes is 1. The number of piperidine rings is 1. The summed E-state index contributed by atoms with van der Waals surface area (Å²) in [5.74, 6) is 0.903. The number of hydrogen-bond donors (Lipinski definition) is 0. The molecule has 2 bridgehead atoms. The van der Waals surface area contributed by atoms with Crippen molar-refractivity contribution in [2.75, 3.05) is 36.5 Å². The van der Waals surface area contributed by atoms with E-state index in [1.807, 2.05) is 0 Å². The fourth-order valence-corrected chi connectivity index (χ4v) is 6.04. The van der Waals surface area contributed by atoms with Crippen LogP contribution in [0.5, 0.6) is 0 Å². The summed E-state index contributed by atoms with van der Waals surface area (Å²) >= 11 is 0. The molecule has 3 aromatic heterocycles. The molecule has 13 heteroatoms. The number of aromatic nitrogens is 5. The highest BCUT2D eigenvalue weighted by Gasteiger charge is 2.54. The molecule has 0 amide bonds. The second-order valence-corrected chi connectivity index (χ2v) is 9.89. The molecular formula is C24H26F5N7O. The predicted octanol–water partition coefficient (Wildman–Crippen LogP) is 4.06. The lowest BCUT2D eigenvalue weighted by Crippen LogP contribution is -2.54. The van der Waals surface area contributed by atoms with E-state index in [1.165, 1.54) is 6.20 Å². The van der Waals surface area contributed by atoms with E-state index in [0.717, 1.165) is 42.1 Å². The van der Waals surface area contributed by atoms with Gasteiger partial charge in [-0.15, -0.1) is 0 Å². The van der Waals surface area contributed by atoms with E-state index < -0.39 is 30.1 Å². The lowest BCUT2D eigenvalue weighted by Gasteiger charge is -2.49. The van der Waals surface area contributed by atoms with E-state index in [1.54, 1.807) is 18.1 Å². The first-order valence-electron chi connectivity index (χ1n) is 12.0. The third-order valence-electron chi connectivity index (χ3n) is 7.80. The molecule has 5 rings (SSSR count). The molecule has 4 heterocycles. The van der Waals surface area contributed by atoms with Crippen molar-refractivity contribution < 1.29 is 26.7 Å². The maximum atomic E-state index is 13.2. The SMILES string of the molecule is CN(CC1(CC=O)C2CCC1CN(c1cnc3cnn(CC(F)F)c3n1)C2)c1cc(C(F)(F)F)ccn1. The van der Waals surface area contributed by atoms with Gasteiger partial charge in [-0.3, -0.25) is 0 Å². The van der Waals surface area contributed by atoms with Crippen molar-refractivity contribution in [2.45, 2.75) is 38.4 Å². The van der Waals surface area contributed by atoms with Crippen LogP contribution in [0.2, 0.25) is 0 Å². The van der Waals surface area contributed by atoms with Gasteiger partial charge in [-0.2, -0.15) is 18.3 Å². The highest BCUT2D eigenvalue weighted by molar-refractivity contribution is 5.71. The minimum atomic E-state index is -4.48. The van der Waals surface area contributed by atoms with Crippen LogP contribution in [0.25, 0.3) is 11.2 Å². The third-order valence-corrected chi connectivity index (χ3v) is 7.80. The second-order valence-electron chi connectivity index (χ2n) is 9.89. The number of alkyl halides is 5. The Bertz CT molecular complexity index is 1270. The summed E-state index contributed by atoms with van der Waals surface area (Å²) in [4.78, 5) is 28.6. The molecule has 0 spiro atoms. The fourth-order valence-electron chi connectivity index (χ4n) is 6.04. The Kier molecular flexibility index (Phi) is 6.48. The van der Waals surface area contributed by atoms with E-state index in [0.29, 0.717) is 31.0 Å². The van der Waals surface area contributed by atoms with Crippen LogP contribution < -0.4 is 9.80 Å². The van der Waals surface area contributed by atoms with Crippen LogP contribution >= 0.6 is 0 Å². The summed E-state index contributed by atoms with van der Waals surface area (Å²) in [6.07, 6.45) is -0.0127. The maximum Gasteiger partial charge on any atom is 0.416 e. The molecule has 0 radical (unpaired) electrons. The van der Waals surface area contributed by atoms with Crippen molar-refractivity contribution in [3.05, 3.63) is 36.3 Å². The highest BCUT2D eigenvalue weighted by atomic mass is 19.4. The van der Waals surface area contributed by atoms with Crippen LogP contribution in [0.3, 0.4) is 0 Å². The molecule has 1 aliphatic heterocycles. The summed E-state index contributed by atoms with van der Waals surface area (Å²) in [5, 5.41) is 3.97. The number of rotatable bonds is 8. The number of fused-ring (bicyclic) bond motifs is 3. The quantitative estimate of drug-likeness (QED) is 0.325. The summed E-state index contributed by atoms with van der Waals surface area (Å²) in [7, 11) is 1.70. The molecule has 37 heavy (non-hydrogen) atoms. The van der Waals surface area contributed by atoms with Crippen molar-refractivity contribution in [3.63, 3.8) is 0 Å². The van der Waals surface area contributed by atoms with Gasteiger partial charge in [0, 0.05) is 44.7 Å². The summed E-state index contributed by atoms with van der Waals surface area (Å²) in [6, 6.07) is 1.96. The van der Waals surface area contributed by atoms with Gasteiger partial charge in [-0.1, -0.05) is 0 Å². The van der Waals surface area contributed by atoms with E-state index in [2.05, 4.69) is 25.0 Å². The van der Waals surface area contributed by atoms with E-state index in [-0.39, 0.29) is 29.7 Å². The van der Waals surface area contributed by atoms with E-state index >= 15 is 0 Å². The van der Waals surface area contributed by atoms with Gasteiger partial charge in [0.2, 0.25) is 0 Å². The first-order valence-corrected chi connectivity index (χ1v) is 12.0. The maximum absolute atomic E-state index is 13.2. The molecule has 198 valence electrons. The Morgan fingerprint density at radius 1 is 1.19 bits per heavy atom. The minimum absolute atomic E-state index is 0.0770. The van der Waals surface area contributed by atoms with Gasteiger partial charge in [-0.05, 0) is 36.8 Å². The number of carbonyl (C=O) groups excluding carboxylic acids is 1. The Morgan fingerprint density at radius 3 is 2.57 bits per heavy atom. The Hall–Kier alpha value is -3.38. The zero-order valence-electron chi connectivity index (χ0n) is 20.1. The van der Waals surface area contributed by atoms with E-state index in [4.69, 9.17) is 0 Å². The molecule has 1 aliphatic carbocycles. The number of anilines is 2. The van der Waals surface area contributed by atoms with Crippen LogP contribution in [-0.2, 0) is 17.5 Å². The van der Waals surface area contributed by atoms with E-state index in [9.17, 15) is 26.7 Å². The Balaban J connectivity index is 1.39. The molecule has 2 aliphatic rings. The molecule has 0 N–H and O–H groups in total. The molecule has 3 aromatic rings. The van der Waals surface area contributed by atoms with Gasteiger partial charge in [0.05, 0.1) is 18.0 Å². The summed E-state index contributed by atoms with van der Waals surface area (Å²) < 4.78 is 66.7.